The summed E-state index contributed by atoms with van der Waals surface area (Å²) in [5.41, 5.74) is 0. The SMILES string of the molecule is Cn1c(CCNC(=O)C2CC=CCC2)n[nH]c1=S. The fourth-order valence-corrected chi connectivity index (χ4v) is 2.23. The molecule has 0 saturated carbocycles. The summed E-state index contributed by atoms with van der Waals surface area (Å²) in [7, 11) is 1.87. The van der Waals surface area contributed by atoms with Gasteiger partial charge in [-0.15, -0.1) is 0 Å². The lowest BCUT2D eigenvalue weighted by Gasteiger charge is -2.16. The first-order valence-corrected chi connectivity index (χ1v) is 6.62. The van der Waals surface area contributed by atoms with E-state index in [2.05, 4.69) is 27.7 Å². The van der Waals surface area contributed by atoms with Crippen molar-refractivity contribution in [2.45, 2.75) is 25.7 Å². The molecule has 1 aromatic heterocycles. The summed E-state index contributed by atoms with van der Waals surface area (Å²) < 4.78 is 2.43. The zero-order valence-electron chi connectivity index (χ0n) is 10.5. The van der Waals surface area contributed by atoms with Crippen molar-refractivity contribution in [1.29, 1.82) is 0 Å². The van der Waals surface area contributed by atoms with Crippen LogP contribution in [0.1, 0.15) is 25.1 Å². The molecule has 1 atom stereocenters. The van der Waals surface area contributed by atoms with Gasteiger partial charge >= 0.3 is 0 Å². The predicted molar refractivity (Wildman–Crippen MR) is 71.6 cm³/mol. The van der Waals surface area contributed by atoms with Crippen molar-refractivity contribution in [2.75, 3.05) is 6.54 Å². The van der Waals surface area contributed by atoms with Crippen molar-refractivity contribution < 1.29 is 4.79 Å². The second kappa shape index (κ2) is 5.95. The highest BCUT2D eigenvalue weighted by Crippen LogP contribution is 2.17. The van der Waals surface area contributed by atoms with E-state index in [4.69, 9.17) is 12.2 Å². The van der Waals surface area contributed by atoms with Gasteiger partial charge in [0.05, 0.1) is 0 Å². The molecular formula is C12H18N4OS. The van der Waals surface area contributed by atoms with Crippen molar-refractivity contribution in [3.05, 3.63) is 22.7 Å². The van der Waals surface area contributed by atoms with Crippen LogP contribution in [0.3, 0.4) is 0 Å². The van der Waals surface area contributed by atoms with Gasteiger partial charge in [-0.2, -0.15) is 5.10 Å². The van der Waals surface area contributed by atoms with E-state index in [1.807, 2.05) is 11.6 Å². The number of nitrogens with one attached hydrogen (secondary N) is 2. The molecule has 18 heavy (non-hydrogen) atoms. The first-order valence-electron chi connectivity index (χ1n) is 6.21. The van der Waals surface area contributed by atoms with Crippen LogP contribution >= 0.6 is 12.2 Å². The number of allylic oxidation sites excluding steroid dienone is 2. The van der Waals surface area contributed by atoms with Crippen LogP contribution in [0, 0.1) is 10.7 Å². The Morgan fingerprint density at radius 3 is 3.11 bits per heavy atom. The fourth-order valence-electron chi connectivity index (χ4n) is 2.08. The molecule has 0 aliphatic heterocycles. The lowest BCUT2D eigenvalue weighted by Crippen LogP contribution is -2.33. The molecule has 5 nitrogen and oxygen atoms in total. The Bertz CT molecular complexity index is 502. The number of H-pyrrole nitrogens is 1. The van der Waals surface area contributed by atoms with Crippen molar-refractivity contribution >= 4 is 18.1 Å². The Morgan fingerprint density at radius 1 is 1.67 bits per heavy atom. The van der Waals surface area contributed by atoms with E-state index in [0.717, 1.165) is 25.1 Å². The maximum atomic E-state index is 11.9. The number of hydrogen-bond donors (Lipinski definition) is 2. The third-order valence-electron chi connectivity index (χ3n) is 3.26. The van der Waals surface area contributed by atoms with Gasteiger partial charge in [0.15, 0.2) is 4.77 Å². The predicted octanol–water partition coefficient (Wildman–Crippen LogP) is 1.49. The van der Waals surface area contributed by atoms with E-state index in [0.29, 0.717) is 17.7 Å². The molecule has 1 aliphatic rings. The van der Waals surface area contributed by atoms with Gasteiger partial charge in [0.25, 0.3) is 0 Å². The Morgan fingerprint density at radius 2 is 2.50 bits per heavy atom. The maximum Gasteiger partial charge on any atom is 0.223 e. The molecule has 2 N–H and O–H groups in total. The van der Waals surface area contributed by atoms with Crippen LogP contribution in [0.5, 0.6) is 0 Å². The summed E-state index contributed by atoms with van der Waals surface area (Å²) in [6, 6.07) is 0. The smallest absolute Gasteiger partial charge is 0.223 e. The zero-order chi connectivity index (χ0) is 13.0. The molecule has 1 aliphatic carbocycles. The Kier molecular flexibility index (Phi) is 4.30. The molecule has 0 bridgehead atoms. The second-order valence-electron chi connectivity index (χ2n) is 4.53. The third-order valence-corrected chi connectivity index (χ3v) is 3.63. The largest absolute Gasteiger partial charge is 0.355 e. The number of amides is 1. The fraction of sp³-hybridized carbons (Fsp3) is 0.583. The zero-order valence-corrected chi connectivity index (χ0v) is 11.3. The molecule has 0 fully saturated rings. The topological polar surface area (TPSA) is 62.7 Å². The summed E-state index contributed by atoms with van der Waals surface area (Å²) in [6.07, 6.45) is 7.74. The monoisotopic (exact) mass is 266 g/mol. The van der Waals surface area contributed by atoms with E-state index in [1.165, 1.54) is 0 Å². The normalized spacial score (nSPS) is 18.8. The van der Waals surface area contributed by atoms with Gasteiger partial charge in [-0.3, -0.25) is 9.89 Å². The lowest BCUT2D eigenvalue weighted by molar-refractivity contribution is -0.125. The van der Waals surface area contributed by atoms with Crippen LogP contribution in [-0.4, -0.2) is 27.2 Å². The molecule has 1 aromatic rings. The molecule has 1 amide bonds. The summed E-state index contributed by atoms with van der Waals surface area (Å²) in [6.45, 7) is 0.604. The first kappa shape index (κ1) is 13.0. The van der Waals surface area contributed by atoms with Gasteiger partial charge in [-0.05, 0) is 31.5 Å². The molecule has 0 aromatic carbocycles. The quantitative estimate of drug-likeness (QED) is 0.641. The van der Waals surface area contributed by atoms with Crippen molar-refractivity contribution in [3.8, 4) is 0 Å². The van der Waals surface area contributed by atoms with E-state index in [9.17, 15) is 4.79 Å². The molecular weight excluding hydrogens is 248 g/mol. The molecule has 0 spiro atoms. The van der Waals surface area contributed by atoms with E-state index < -0.39 is 0 Å². The van der Waals surface area contributed by atoms with Crippen molar-refractivity contribution in [3.63, 3.8) is 0 Å². The molecule has 1 unspecified atom stereocenters. The van der Waals surface area contributed by atoms with E-state index in [1.54, 1.807) is 0 Å². The molecule has 0 saturated heterocycles. The minimum absolute atomic E-state index is 0.137. The number of aromatic amines is 1. The second-order valence-corrected chi connectivity index (χ2v) is 4.91. The van der Waals surface area contributed by atoms with Gasteiger partial charge in [0.1, 0.15) is 5.82 Å². The van der Waals surface area contributed by atoms with Crippen LogP contribution in [-0.2, 0) is 18.3 Å². The average molecular weight is 266 g/mol. The lowest BCUT2D eigenvalue weighted by atomic mass is 9.94. The molecule has 6 heteroatoms. The van der Waals surface area contributed by atoms with Crippen LogP contribution in [0.25, 0.3) is 0 Å². The van der Waals surface area contributed by atoms with Crippen molar-refractivity contribution in [2.24, 2.45) is 13.0 Å². The Balaban J connectivity index is 1.78. The number of aromatic nitrogens is 3. The number of carbonyl (C=O) groups excluding carboxylic acids is 1. The molecule has 0 radical (unpaired) electrons. The summed E-state index contributed by atoms with van der Waals surface area (Å²) in [4.78, 5) is 11.9. The van der Waals surface area contributed by atoms with E-state index >= 15 is 0 Å². The number of nitrogens with zero attached hydrogens (tertiary/aromatic N) is 2. The highest BCUT2D eigenvalue weighted by Gasteiger charge is 2.18. The van der Waals surface area contributed by atoms with E-state index in [-0.39, 0.29) is 11.8 Å². The van der Waals surface area contributed by atoms with Crippen LogP contribution in [0.15, 0.2) is 12.2 Å². The molecule has 98 valence electrons. The highest BCUT2D eigenvalue weighted by molar-refractivity contribution is 7.71. The Hall–Kier alpha value is -1.43. The molecule has 2 rings (SSSR count). The average Bonchev–Trinajstić information content (AvgIpc) is 2.71. The maximum absolute atomic E-state index is 11.9. The standard InChI is InChI=1S/C12H18N4OS/c1-16-10(14-15-12(16)18)7-8-13-11(17)9-5-3-2-4-6-9/h2-3,9H,4-8H2,1H3,(H,13,17)(H,15,18). The summed E-state index contributed by atoms with van der Waals surface area (Å²) in [5.74, 6) is 1.15. The van der Waals surface area contributed by atoms with Crippen molar-refractivity contribution in [1.82, 2.24) is 20.1 Å². The van der Waals surface area contributed by atoms with Crippen LogP contribution < -0.4 is 5.32 Å². The van der Waals surface area contributed by atoms with Gasteiger partial charge < -0.3 is 9.88 Å². The number of carbonyl (C=O) groups is 1. The molecule has 1 heterocycles. The van der Waals surface area contributed by atoms with Gasteiger partial charge in [-0.1, -0.05) is 12.2 Å². The Labute approximate surface area is 111 Å². The highest BCUT2D eigenvalue weighted by atomic mass is 32.1. The summed E-state index contributed by atoms with van der Waals surface area (Å²) >= 11 is 5.03. The van der Waals surface area contributed by atoms with Crippen LogP contribution in [0.2, 0.25) is 0 Å². The minimum Gasteiger partial charge on any atom is -0.355 e. The third kappa shape index (κ3) is 3.07. The first-order chi connectivity index (χ1) is 8.68. The van der Waals surface area contributed by atoms with Gasteiger partial charge in [0, 0.05) is 25.9 Å². The number of hydrogen-bond acceptors (Lipinski definition) is 3. The van der Waals surface area contributed by atoms with Gasteiger partial charge in [0.2, 0.25) is 5.91 Å². The van der Waals surface area contributed by atoms with Gasteiger partial charge in [-0.25, -0.2) is 0 Å². The van der Waals surface area contributed by atoms with Crippen LogP contribution in [0.4, 0.5) is 0 Å². The minimum atomic E-state index is 0.137. The number of rotatable bonds is 4. The summed E-state index contributed by atoms with van der Waals surface area (Å²) in [5, 5.41) is 9.80.